The number of nitrogens with one attached hydrogen (secondary N) is 1. The molecule has 3 rings (SSSR count). The number of aromatic nitrogens is 2. The molecule has 0 aliphatic rings. The Balaban J connectivity index is 1.84. The second kappa shape index (κ2) is 9.56. The van der Waals surface area contributed by atoms with Crippen LogP contribution in [0.4, 0.5) is 25.8 Å². The monoisotopic (exact) mass is 481 g/mol. The minimum atomic E-state index is -3.21. The molecule has 172 valence electrons. The maximum Gasteiger partial charge on any atom is 0.319 e. The largest absolute Gasteiger partial charge is 0.457 e. The quantitative estimate of drug-likeness (QED) is 0.351. The summed E-state index contributed by atoms with van der Waals surface area (Å²) in [5, 5.41) is 28.6. The molecule has 14 heteroatoms. The van der Waals surface area contributed by atoms with Crippen molar-refractivity contribution in [2.75, 3.05) is 5.32 Å². The number of amides is 1. The van der Waals surface area contributed by atoms with Crippen LogP contribution in [0.5, 0.6) is 11.5 Å². The number of hydrogen-bond donors (Lipinski definition) is 1. The molecule has 1 aromatic heterocycles. The molecule has 1 heterocycles. The molecule has 1 N–H and O–H groups in total. The first-order valence-corrected chi connectivity index (χ1v) is 9.45. The number of non-ortho nitro benzene ring substituents is 1. The van der Waals surface area contributed by atoms with E-state index < -0.39 is 40.1 Å². The number of ether oxygens (including phenoxy) is 1. The van der Waals surface area contributed by atoms with Crippen LogP contribution in [-0.2, 0) is 11.3 Å². The molecule has 0 bridgehead atoms. The molecule has 0 spiro atoms. The van der Waals surface area contributed by atoms with E-state index in [0.717, 1.165) is 16.8 Å². The molecular weight excluding hydrogens is 468 g/mol. The minimum absolute atomic E-state index is 0.0217. The lowest BCUT2D eigenvalue weighted by Gasteiger charge is -2.10. The summed E-state index contributed by atoms with van der Waals surface area (Å²) in [6, 6.07) is 9.69. The van der Waals surface area contributed by atoms with E-state index in [9.17, 15) is 33.8 Å². The molecule has 0 saturated heterocycles. The van der Waals surface area contributed by atoms with Crippen LogP contribution in [0.3, 0.4) is 0 Å². The van der Waals surface area contributed by atoms with Crippen molar-refractivity contribution in [2.24, 2.45) is 0 Å². The highest BCUT2D eigenvalue weighted by molar-refractivity contribution is 6.30. The number of anilines is 1. The van der Waals surface area contributed by atoms with Gasteiger partial charge in [0.15, 0.2) is 0 Å². The van der Waals surface area contributed by atoms with Crippen molar-refractivity contribution in [1.29, 1.82) is 0 Å². The van der Waals surface area contributed by atoms with E-state index >= 15 is 0 Å². The number of alkyl halides is 2. The number of rotatable bonds is 8. The summed E-state index contributed by atoms with van der Waals surface area (Å²) in [7, 11) is 0. The highest BCUT2D eigenvalue weighted by atomic mass is 35.5. The highest BCUT2D eigenvalue weighted by Gasteiger charge is 2.31. The van der Waals surface area contributed by atoms with Gasteiger partial charge in [-0.05, 0) is 31.2 Å². The summed E-state index contributed by atoms with van der Waals surface area (Å²) in [5.74, 6) is -0.446. The number of nitro benzene ring substituents is 1. The average Bonchev–Trinajstić information content (AvgIpc) is 3.06. The van der Waals surface area contributed by atoms with Gasteiger partial charge < -0.3 is 10.1 Å². The first-order chi connectivity index (χ1) is 15.5. The maximum absolute atomic E-state index is 13.1. The van der Waals surface area contributed by atoms with Crippen LogP contribution < -0.4 is 10.1 Å². The van der Waals surface area contributed by atoms with Crippen LogP contribution in [0.1, 0.15) is 17.8 Å². The molecule has 1 amide bonds. The second-order valence-corrected chi connectivity index (χ2v) is 7.05. The molecule has 2 aromatic carbocycles. The Morgan fingerprint density at radius 2 is 1.82 bits per heavy atom. The van der Waals surface area contributed by atoms with E-state index in [1.54, 1.807) is 12.1 Å². The van der Waals surface area contributed by atoms with E-state index in [0.29, 0.717) is 10.8 Å². The Labute approximate surface area is 188 Å². The molecule has 33 heavy (non-hydrogen) atoms. The minimum Gasteiger partial charge on any atom is -0.457 e. The third-order valence-corrected chi connectivity index (χ3v) is 4.57. The van der Waals surface area contributed by atoms with Gasteiger partial charge in [0.25, 0.3) is 12.1 Å². The van der Waals surface area contributed by atoms with Crippen LogP contribution in [-0.4, -0.2) is 25.5 Å². The standard InChI is InChI=1S/C19H14ClF2N5O6/c1-10-18(27(31)32)17(19(21)22)24-25(10)9-16(28)23-12-6-13(26(29)30)8-15(7-12)33-14-4-2-11(20)3-5-14/h2-8,19H,9H2,1H3,(H,23,28). The van der Waals surface area contributed by atoms with Gasteiger partial charge in [0.1, 0.15) is 23.7 Å². The molecule has 0 aliphatic carbocycles. The molecular formula is C19H14ClF2N5O6. The van der Waals surface area contributed by atoms with Gasteiger partial charge in [-0.3, -0.25) is 29.7 Å². The normalized spacial score (nSPS) is 10.8. The molecule has 0 saturated carbocycles. The second-order valence-electron chi connectivity index (χ2n) is 6.61. The summed E-state index contributed by atoms with van der Waals surface area (Å²) in [6.07, 6.45) is -3.21. The van der Waals surface area contributed by atoms with Gasteiger partial charge in [-0.1, -0.05) is 11.6 Å². The van der Waals surface area contributed by atoms with Crippen LogP contribution >= 0.6 is 11.6 Å². The van der Waals surface area contributed by atoms with Crippen molar-refractivity contribution in [3.63, 3.8) is 0 Å². The highest BCUT2D eigenvalue weighted by Crippen LogP contribution is 2.32. The number of nitro groups is 2. The van der Waals surface area contributed by atoms with Crippen LogP contribution in [0.25, 0.3) is 0 Å². The van der Waals surface area contributed by atoms with Crippen molar-refractivity contribution in [2.45, 2.75) is 19.9 Å². The fourth-order valence-corrected chi connectivity index (χ4v) is 3.01. The topological polar surface area (TPSA) is 142 Å². The van der Waals surface area contributed by atoms with Gasteiger partial charge in [0.05, 0.1) is 21.6 Å². The lowest BCUT2D eigenvalue weighted by Crippen LogP contribution is -2.20. The predicted octanol–water partition coefficient (Wildman–Crippen LogP) is 5.03. The van der Waals surface area contributed by atoms with Crippen molar-refractivity contribution in [3.05, 3.63) is 79.1 Å². The van der Waals surface area contributed by atoms with Crippen molar-refractivity contribution < 1.29 is 28.2 Å². The Morgan fingerprint density at radius 3 is 2.36 bits per heavy atom. The van der Waals surface area contributed by atoms with E-state index in [2.05, 4.69) is 10.4 Å². The molecule has 0 fully saturated rings. The number of nitrogens with zero attached hydrogens (tertiary/aromatic N) is 4. The predicted molar refractivity (Wildman–Crippen MR) is 112 cm³/mol. The fraction of sp³-hybridized carbons (Fsp3) is 0.158. The van der Waals surface area contributed by atoms with Gasteiger partial charge in [0, 0.05) is 17.2 Å². The smallest absolute Gasteiger partial charge is 0.319 e. The zero-order chi connectivity index (χ0) is 24.3. The summed E-state index contributed by atoms with van der Waals surface area (Å²) < 4.78 is 32.5. The molecule has 11 nitrogen and oxygen atoms in total. The first kappa shape index (κ1) is 23.5. The Morgan fingerprint density at radius 1 is 1.15 bits per heavy atom. The summed E-state index contributed by atoms with van der Waals surface area (Å²) in [4.78, 5) is 33.1. The Kier molecular flexibility index (Phi) is 6.82. The van der Waals surface area contributed by atoms with E-state index in [1.807, 2.05) is 0 Å². The molecule has 0 aliphatic heterocycles. The van der Waals surface area contributed by atoms with Crippen LogP contribution in [0, 0.1) is 27.2 Å². The SMILES string of the molecule is Cc1c([N+](=O)[O-])c(C(F)F)nn1CC(=O)Nc1cc(Oc2ccc(Cl)cc2)cc([N+](=O)[O-])c1. The third-order valence-electron chi connectivity index (χ3n) is 4.32. The number of carbonyl (C=O) groups is 1. The number of halogens is 3. The van der Waals surface area contributed by atoms with Crippen molar-refractivity contribution >= 4 is 34.6 Å². The molecule has 0 unspecified atom stereocenters. The Bertz CT molecular complexity index is 1230. The number of benzene rings is 2. The van der Waals surface area contributed by atoms with Crippen LogP contribution in [0.2, 0.25) is 5.02 Å². The zero-order valence-corrected chi connectivity index (χ0v) is 17.5. The van der Waals surface area contributed by atoms with Crippen LogP contribution in [0.15, 0.2) is 42.5 Å². The number of carbonyl (C=O) groups excluding carboxylic acids is 1. The molecule has 0 atom stereocenters. The van der Waals surface area contributed by atoms with Gasteiger partial charge in [-0.2, -0.15) is 5.10 Å². The number of hydrogen-bond acceptors (Lipinski definition) is 7. The van der Waals surface area contributed by atoms with Crippen molar-refractivity contribution in [1.82, 2.24) is 9.78 Å². The zero-order valence-electron chi connectivity index (χ0n) is 16.7. The van der Waals surface area contributed by atoms with Crippen molar-refractivity contribution in [3.8, 4) is 11.5 Å². The van der Waals surface area contributed by atoms with Gasteiger partial charge in [-0.15, -0.1) is 0 Å². The molecule has 3 aromatic rings. The molecule has 0 radical (unpaired) electrons. The van der Waals surface area contributed by atoms with E-state index in [-0.39, 0.29) is 22.8 Å². The fourth-order valence-electron chi connectivity index (χ4n) is 2.88. The lowest BCUT2D eigenvalue weighted by molar-refractivity contribution is -0.386. The third kappa shape index (κ3) is 5.57. The van der Waals surface area contributed by atoms with E-state index in [4.69, 9.17) is 16.3 Å². The lowest BCUT2D eigenvalue weighted by atomic mass is 10.2. The summed E-state index contributed by atoms with van der Waals surface area (Å²) in [5.41, 5.74) is -2.59. The van der Waals surface area contributed by atoms with Gasteiger partial charge in [0.2, 0.25) is 11.6 Å². The first-order valence-electron chi connectivity index (χ1n) is 9.07. The maximum atomic E-state index is 13.1. The summed E-state index contributed by atoms with van der Waals surface area (Å²) >= 11 is 5.81. The van der Waals surface area contributed by atoms with Gasteiger partial charge >= 0.3 is 5.69 Å². The average molecular weight is 482 g/mol. The van der Waals surface area contributed by atoms with Gasteiger partial charge in [-0.25, -0.2) is 8.78 Å². The summed E-state index contributed by atoms with van der Waals surface area (Å²) in [6.45, 7) is 0.533. The Hall–Kier alpha value is -4.13. The van der Waals surface area contributed by atoms with E-state index in [1.165, 1.54) is 25.1 Å².